The zero-order valence-electron chi connectivity index (χ0n) is 32.1. The molecule has 0 bridgehead atoms. The van der Waals surface area contributed by atoms with Crippen LogP contribution in [0.1, 0.15) is 0 Å². The summed E-state index contributed by atoms with van der Waals surface area (Å²) in [4.78, 5) is 0. The molecule has 0 radical (unpaired) electrons. The van der Waals surface area contributed by atoms with Gasteiger partial charge in [0.25, 0.3) is 6.71 Å². The van der Waals surface area contributed by atoms with E-state index < -0.39 is 0 Å². The number of benzene rings is 10. The molecule has 59 heavy (non-hydrogen) atoms. The van der Waals surface area contributed by atoms with Crippen LogP contribution in [0.5, 0.6) is 23.0 Å². The Morgan fingerprint density at radius 2 is 0.661 bits per heavy atom. The summed E-state index contributed by atoms with van der Waals surface area (Å²) in [5.74, 6) is 3.38. The van der Waals surface area contributed by atoms with E-state index in [4.69, 9.17) is 9.47 Å². The normalized spacial score (nSPS) is 12.3. The highest BCUT2D eigenvalue weighted by atomic mass is 16.5. The summed E-state index contributed by atoms with van der Waals surface area (Å²) in [6.45, 7) is -0.0511. The predicted octanol–water partition coefficient (Wildman–Crippen LogP) is 13.1. The minimum absolute atomic E-state index is 0.0511. The molecule has 0 spiro atoms. The van der Waals surface area contributed by atoms with E-state index in [1.807, 2.05) is 0 Å². The quantitative estimate of drug-likeness (QED) is 0.129. The van der Waals surface area contributed by atoms with Crippen LogP contribution < -0.4 is 25.9 Å². The van der Waals surface area contributed by atoms with E-state index in [1.54, 1.807) is 0 Å². The number of rotatable bonds is 5. The molecular weight excluding hydrogens is 715 g/mol. The van der Waals surface area contributed by atoms with Gasteiger partial charge in [0.15, 0.2) is 0 Å². The van der Waals surface area contributed by atoms with Crippen LogP contribution >= 0.6 is 0 Å². The average Bonchev–Trinajstić information content (AvgIpc) is 3.31. The van der Waals surface area contributed by atoms with Crippen molar-refractivity contribution in [2.24, 2.45) is 0 Å². The van der Waals surface area contributed by atoms with Crippen LogP contribution in [0.2, 0.25) is 0 Å². The average molecular weight is 751 g/mol. The fourth-order valence-corrected chi connectivity index (χ4v) is 9.56. The predicted molar refractivity (Wildman–Crippen MR) is 246 cm³/mol. The van der Waals surface area contributed by atoms with Crippen LogP contribution in [0, 0.1) is 0 Å². The smallest absolute Gasteiger partial charge is 0.260 e. The molecule has 12 rings (SSSR count). The Hall–Kier alpha value is -7.62. The first-order valence-electron chi connectivity index (χ1n) is 20.3. The second-order valence-electron chi connectivity index (χ2n) is 15.5. The number of hydrogen-bond acceptors (Lipinski definition) is 2. The maximum absolute atomic E-state index is 7.03. The number of hydrogen-bond donors (Lipinski definition) is 0. The second kappa shape index (κ2) is 13.5. The van der Waals surface area contributed by atoms with Crippen LogP contribution in [0.15, 0.2) is 212 Å². The Morgan fingerprint density at radius 1 is 0.271 bits per heavy atom. The molecule has 0 fully saturated rings. The lowest BCUT2D eigenvalue weighted by atomic mass is 9.34. The summed E-state index contributed by atoms with van der Waals surface area (Å²) in [6.07, 6.45) is 0. The van der Waals surface area contributed by atoms with E-state index in [0.29, 0.717) is 0 Å². The van der Waals surface area contributed by atoms with Gasteiger partial charge in [-0.2, -0.15) is 0 Å². The molecule has 3 heteroatoms. The molecule has 0 N–H and O–H groups in total. The van der Waals surface area contributed by atoms with E-state index in [2.05, 4.69) is 212 Å². The molecule has 2 aliphatic heterocycles. The summed E-state index contributed by atoms with van der Waals surface area (Å²) < 4.78 is 14.1. The molecule has 274 valence electrons. The van der Waals surface area contributed by atoms with Gasteiger partial charge in [-0.1, -0.05) is 188 Å². The SMILES string of the molecule is c1ccc(-c2ccc3c(c2)Oc2cc(-c4ccccc4-c4c5ccccc5c(-c5ccccc5)c5ccccc45)cc4c2B3c2ccc(-c3ccccc3)cc2O4)cc1. The van der Waals surface area contributed by atoms with E-state index >= 15 is 0 Å². The second-order valence-corrected chi connectivity index (χ2v) is 15.5. The fraction of sp³-hybridized carbons (Fsp3) is 0. The highest BCUT2D eigenvalue weighted by Crippen LogP contribution is 2.47. The van der Waals surface area contributed by atoms with Crippen molar-refractivity contribution >= 4 is 44.6 Å². The molecular formula is C56H35BO2. The molecule has 10 aromatic carbocycles. The van der Waals surface area contributed by atoms with Crippen molar-refractivity contribution in [2.45, 2.75) is 0 Å². The fourth-order valence-electron chi connectivity index (χ4n) is 9.56. The van der Waals surface area contributed by atoms with Crippen LogP contribution in [0.3, 0.4) is 0 Å². The molecule has 2 aliphatic rings. The van der Waals surface area contributed by atoms with Crippen molar-refractivity contribution in [2.75, 3.05) is 0 Å². The Balaban J connectivity index is 1.08. The number of ether oxygens (including phenoxy) is 2. The number of fused-ring (bicyclic) bond motifs is 6. The lowest BCUT2D eigenvalue weighted by molar-refractivity contribution is 0.465. The van der Waals surface area contributed by atoms with Crippen molar-refractivity contribution < 1.29 is 9.47 Å². The van der Waals surface area contributed by atoms with Gasteiger partial charge >= 0.3 is 0 Å². The van der Waals surface area contributed by atoms with Gasteiger partial charge in [0.1, 0.15) is 23.0 Å². The molecule has 2 nitrogen and oxygen atoms in total. The molecule has 0 unspecified atom stereocenters. The highest BCUT2D eigenvalue weighted by molar-refractivity contribution is 6.98. The van der Waals surface area contributed by atoms with E-state index in [1.165, 1.54) is 38.2 Å². The van der Waals surface area contributed by atoms with E-state index in [0.717, 1.165) is 78.3 Å². The van der Waals surface area contributed by atoms with Gasteiger partial charge in [0, 0.05) is 5.46 Å². The van der Waals surface area contributed by atoms with E-state index in [-0.39, 0.29) is 6.71 Å². The van der Waals surface area contributed by atoms with Gasteiger partial charge in [0.05, 0.1) is 0 Å². The van der Waals surface area contributed by atoms with Crippen LogP contribution in [-0.4, -0.2) is 6.71 Å². The Bertz CT molecular complexity index is 3090. The molecule has 10 aromatic rings. The topological polar surface area (TPSA) is 18.5 Å². The van der Waals surface area contributed by atoms with Crippen molar-refractivity contribution in [3.05, 3.63) is 212 Å². The van der Waals surface area contributed by atoms with Crippen LogP contribution in [0.4, 0.5) is 0 Å². The van der Waals surface area contributed by atoms with Crippen molar-refractivity contribution in [3.8, 4) is 78.6 Å². The maximum atomic E-state index is 7.03. The Kier molecular flexibility index (Phi) is 7.67. The monoisotopic (exact) mass is 750 g/mol. The first-order chi connectivity index (χ1) is 29.3. The third-order valence-electron chi connectivity index (χ3n) is 12.2. The minimum Gasteiger partial charge on any atom is -0.458 e. The first kappa shape index (κ1) is 33.5. The third kappa shape index (κ3) is 5.43. The molecule has 2 heterocycles. The lowest BCUT2D eigenvalue weighted by Gasteiger charge is -2.34. The molecule has 0 aromatic heterocycles. The summed E-state index contributed by atoms with van der Waals surface area (Å²) in [7, 11) is 0. The molecule has 0 aliphatic carbocycles. The van der Waals surface area contributed by atoms with Crippen molar-refractivity contribution in [3.63, 3.8) is 0 Å². The molecule has 0 amide bonds. The van der Waals surface area contributed by atoms with Gasteiger partial charge in [-0.3, -0.25) is 0 Å². The van der Waals surface area contributed by atoms with Gasteiger partial charge in [0.2, 0.25) is 0 Å². The van der Waals surface area contributed by atoms with Crippen molar-refractivity contribution in [1.29, 1.82) is 0 Å². The van der Waals surface area contributed by atoms with E-state index in [9.17, 15) is 0 Å². The summed E-state index contributed by atoms with van der Waals surface area (Å²) in [5, 5.41) is 4.89. The largest absolute Gasteiger partial charge is 0.458 e. The zero-order chi connectivity index (χ0) is 38.9. The Morgan fingerprint density at radius 3 is 1.15 bits per heavy atom. The summed E-state index contributed by atoms with van der Waals surface area (Å²) in [5.41, 5.74) is 14.9. The minimum atomic E-state index is -0.0511. The third-order valence-corrected chi connectivity index (χ3v) is 12.2. The van der Waals surface area contributed by atoms with Gasteiger partial charge in [-0.25, -0.2) is 0 Å². The summed E-state index contributed by atoms with van der Waals surface area (Å²) in [6, 6.07) is 76.1. The highest BCUT2D eigenvalue weighted by Gasteiger charge is 2.41. The van der Waals surface area contributed by atoms with Gasteiger partial charge < -0.3 is 9.47 Å². The first-order valence-corrected chi connectivity index (χ1v) is 20.3. The Labute approximate surface area is 343 Å². The molecule has 0 saturated carbocycles. The molecule has 0 atom stereocenters. The zero-order valence-corrected chi connectivity index (χ0v) is 32.1. The van der Waals surface area contributed by atoms with Crippen LogP contribution in [0.25, 0.3) is 77.2 Å². The van der Waals surface area contributed by atoms with Crippen molar-refractivity contribution in [1.82, 2.24) is 0 Å². The maximum Gasteiger partial charge on any atom is 0.260 e. The van der Waals surface area contributed by atoms with Crippen LogP contribution in [-0.2, 0) is 0 Å². The molecule has 0 saturated heterocycles. The van der Waals surface area contributed by atoms with Gasteiger partial charge in [-0.05, 0) is 112 Å². The lowest BCUT2D eigenvalue weighted by Crippen LogP contribution is -2.57. The van der Waals surface area contributed by atoms with Gasteiger partial charge in [-0.15, -0.1) is 0 Å². The standard InChI is InChI=1S/C56H35BO2/c1-4-16-36(17-5-1)39-28-30-48-50(32-39)58-52-34-41(35-53-56(52)57(48)49-31-29-40(33-51(49)59-53)37-18-6-2-7-19-37)42-22-10-11-23-43(42)55-46-26-14-12-24-44(46)54(38-20-8-3-9-21-38)45-25-13-15-27-47(45)55/h1-35H. The summed E-state index contributed by atoms with van der Waals surface area (Å²) >= 11 is 0.